The van der Waals surface area contributed by atoms with Gasteiger partial charge in [0.05, 0.1) is 20.0 Å². The summed E-state index contributed by atoms with van der Waals surface area (Å²) >= 11 is 6.03. The van der Waals surface area contributed by atoms with Crippen LogP contribution < -0.4 is 5.32 Å². The highest BCUT2D eigenvalue weighted by Gasteiger charge is 2.49. The van der Waals surface area contributed by atoms with Crippen LogP contribution in [0, 0.1) is 0 Å². The first kappa shape index (κ1) is 23.3. The Hall–Kier alpha value is -2.87. The van der Waals surface area contributed by atoms with E-state index in [4.69, 9.17) is 16.3 Å². The van der Waals surface area contributed by atoms with E-state index < -0.39 is 17.4 Å². The number of halogens is 1. The van der Waals surface area contributed by atoms with Crippen LogP contribution in [0.25, 0.3) is 0 Å². The number of ether oxygens (including phenoxy) is 1. The van der Waals surface area contributed by atoms with Crippen molar-refractivity contribution in [2.45, 2.75) is 70.1 Å². The highest BCUT2D eigenvalue weighted by molar-refractivity contribution is 6.30. The Morgan fingerprint density at radius 2 is 1.85 bits per heavy atom. The third-order valence-electron chi connectivity index (χ3n) is 6.67. The van der Waals surface area contributed by atoms with Crippen LogP contribution in [-0.2, 0) is 22.6 Å². The molecule has 1 atom stereocenters. The molecule has 1 N–H and O–H groups in total. The molecular formula is C24H29ClN4O4. The van der Waals surface area contributed by atoms with Gasteiger partial charge in [-0.1, -0.05) is 49.4 Å². The Morgan fingerprint density at radius 1 is 1.18 bits per heavy atom. The van der Waals surface area contributed by atoms with E-state index in [9.17, 15) is 14.4 Å². The zero-order chi connectivity index (χ0) is 23.6. The number of fused-ring (bicyclic) bond motifs is 1. The summed E-state index contributed by atoms with van der Waals surface area (Å²) < 4.78 is 6.39. The van der Waals surface area contributed by atoms with Crippen LogP contribution in [0.4, 0.5) is 0 Å². The lowest BCUT2D eigenvalue weighted by Crippen LogP contribution is -2.64. The Balaban J connectivity index is 1.69. The average molecular weight is 473 g/mol. The minimum Gasteiger partial charge on any atom is -0.464 e. The minimum absolute atomic E-state index is 0.0465. The van der Waals surface area contributed by atoms with Gasteiger partial charge >= 0.3 is 5.97 Å². The summed E-state index contributed by atoms with van der Waals surface area (Å²) in [5, 5.41) is 3.79. The lowest BCUT2D eigenvalue weighted by molar-refractivity contribution is -0.134. The monoisotopic (exact) mass is 472 g/mol. The molecule has 2 aromatic rings. The fourth-order valence-corrected chi connectivity index (χ4v) is 4.85. The molecule has 0 radical (unpaired) electrons. The Bertz CT molecular complexity index is 1040. The Kier molecular flexibility index (Phi) is 6.74. The number of methoxy groups -OCH3 is 1. The predicted octanol–water partition coefficient (Wildman–Crippen LogP) is 3.58. The van der Waals surface area contributed by atoms with E-state index in [1.807, 2.05) is 12.1 Å². The van der Waals surface area contributed by atoms with Crippen molar-refractivity contribution in [2.24, 2.45) is 0 Å². The summed E-state index contributed by atoms with van der Waals surface area (Å²) in [6.45, 7) is 2.15. The van der Waals surface area contributed by atoms with E-state index in [0.717, 1.165) is 31.2 Å². The summed E-state index contributed by atoms with van der Waals surface area (Å²) in [5.41, 5.74) is -0.247. The maximum atomic E-state index is 13.7. The topological polar surface area (TPSA) is 93.5 Å². The molecule has 4 rings (SSSR count). The van der Waals surface area contributed by atoms with Gasteiger partial charge < -0.3 is 19.5 Å². The van der Waals surface area contributed by atoms with Crippen molar-refractivity contribution in [1.82, 2.24) is 19.8 Å². The lowest BCUT2D eigenvalue weighted by Gasteiger charge is -2.44. The molecule has 1 aliphatic heterocycles. The first-order valence-electron chi connectivity index (χ1n) is 11.3. The number of amides is 2. The number of benzene rings is 1. The van der Waals surface area contributed by atoms with Gasteiger partial charge in [-0.2, -0.15) is 0 Å². The maximum Gasteiger partial charge on any atom is 0.359 e. The van der Waals surface area contributed by atoms with Crippen molar-refractivity contribution >= 4 is 29.4 Å². The van der Waals surface area contributed by atoms with Crippen molar-refractivity contribution in [3.63, 3.8) is 0 Å². The van der Waals surface area contributed by atoms with Crippen LogP contribution in [0.1, 0.15) is 72.0 Å². The van der Waals surface area contributed by atoms with Crippen LogP contribution in [0.3, 0.4) is 0 Å². The molecule has 8 nitrogen and oxygen atoms in total. The van der Waals surface area contributed by atoms with E-state index in [0.29, 0.717) is 5.02 Å². The second-order valence-corrected chi connectivity index (χ2v) is 9.45. The van der Waals surface area contributed by atoms with Crippen LogP contribution in [0.15, 0.2) is 30.6 Å². The molecule has 0 spiro atoms. The van der Waals surface area contributed by atoms with Gasteiger partial charge in [0.1, 0.15) is 11.2 Å². The van der Waals surface area contributed by atoms with Gasteiger partial charge in [-0.3, -0.25) is 9.59 Å². The average Bonchev–Trinajstić information content (AvgIpc) is 3.05. The third-order valence-corrected chi connectivity index (χ3v) is 6.92. The van der Waals surface area contributed by atoms with Crippen LogP contribution >= 0.6 is 11.6 Å². The fourth-order valence-electron chi connectivity index (χ4n) is 4.72. The normalized spacial score (nSPS) is 21.3. The molecule has 176 valence electrons. The smallest absolute Gasteiger partial charge is 0.359 e. The number of carbonyl (C=O) groups is 3. The molecule has 9 heteroatoms. The van der Waals surface area contributed by atoms with Crippen molar-refractivity contribution in [3.8, 4) is 0 Å². The van der Waals surface area contributed by atoms with Gasteiger partial charge in [0.15, 0.2) is 5.69 Å². The van der Waals surface area contributed by atoms with Gasteiger partial charge in [0.25, 0.3) is 5.91 Å². The van der Waals surface area contributed by atoms with Gasteiger partial charge in [0, 0.05) is 17.6 Å². The summed E-state index contributed by atoms with van der Waals surface area (Å²) in [6, 6.07) is 7.24. The lowest BCUT2D eigenvalue weighted by atomic mass is 9.92. The second-order valence-electron chi connectivity index (χ2n) is 9.01. The Labute approximate surface area is 198 Å². The molecule has 0 bridgehead atoms. The molecule has 1 saturated carbocycles. The first-order valence-corrected chi connectivity index (χ1v) is 11.7. The molecule has 33 heavy (non-hydrogen) atoms. The number of rotatable bonds is 5. The van der Waals surface area contributed by atoms with Gasteiger partial charge in [-0.25, -0.2) is 9.78 Å². The predicted molar refractivity (Wildman–Crippen MR) is 123 cm³/mol. The van der Waals surface area contributed by atoms with Gasteiger partial charge in [0.2, 0.25) is 5.91 Å². The Morgan fingerprint density at radius 3 is 2.48 bits per heavy atom. The van der Waals surface area contributed by atoms with E-state index in [2.05, 4.69) is 10.3 Å². The molecule has 0 saturated heterocycles. The number of nitrogens with zero attached hydrogens (tertiary/aromatic N) is 3. The number of nitrogens with one attached hydrogen (secondary N) is 1. The van der Waals surface area contributed by atoms with Crippen molar-refractivity contribution in [2.75, 3.05) is 7.11 Å². The van der Waals surface area contributed by atoms with E-state index in [1.165, 1.54) is 31.2 Å². The highest BCUT2D eigenvalue weighted by Crippen LogP contribution is 2.31. The van der Waals surface area contributed by atoms with Crippen molar-refractivity contribution < 1.29 is 19.1 Å². The van der Waals surface area contributed by atoms with Crippen LogP contribution in [0.2, 0.25) is 5.02 Å². The standard InChI is InChI=1S/C24H29ClN4O4/c1-24(23(32)27-18-7-5-3-4-6-8-18)14-28-15-26-19(22(31)33-2)20(28)21(30)29(24)13-16-9-11-17(25)12-10-16/h9-12,15,18H,3-8,13-14H2,1-2H3,(H,27,32)/t24-/m0/s1. The van der Waals surface area contributed by atoms with E-state index in [1.54, 1.807) is 23.6 Å². The van der Waals surface area contributed by atoms with Crippen LogP contribution in [-0.4, -0.2) is 50.9 Å². The SMILES string of the molecule is COC(=O)c1ncn2c1C(=O)N(Cc1ccc(Cl)cc1)[C@](C)(C(=O)NC1CCCCCC1)C2. The molecule has 1 aliphatic carbocycles. The van der Waals surface area contributed by atoms with Gasteiger partial charge in [-0.15, -0.1) is 0 Å². The number of hydrogen-bond acceptors (Lipinski definition) is 5. The van der Waals surface area contributed by atoms with Gasteiger partial charge in [-0.05, 0) is 37.5 Å². The summed E-state index contributed by atoms with van der Waals surface area (Å²) in [7, 11) is 1.25. The number of esters is 1. The maximum absolute atomic E-state index is 13.7. The molecular weight excluding hydrogens is 444 g/mol. The molecule has 1 fully saturated rings. The number of aromatic nitrogens is 2. The number of hydrogen-bond donors (Lipinski definition) is 1. The third kappa shape index (κ3) is 4.62. The molecule has 2 amide bonds. The summed E-state index contributed by atoms with van der Waals surface area (Å²) in [6.07, 6.45) is 7.84. The first-order chi connectivity index (χ1) is 15.8. The second kappa shape index (κ2) is 9.55. The highest BCUT2D eigenvalue weighted by atomic mass is 35.5. The van der Waals surface area contributed by atoms with Crippen LogP contribution in [0.5, 0.6) is 0 Å². The van der Waals surface area contributed by atoms with Crippen molar-refractivity contribution in [3.05, 3.63) is 52.6 Å². The molecule has 1 aromatic carbocycles. The van der Waals surface area contributed by atoms with E-state index in [-0.39, 0.29) is 36.4 Å². The van der Waals surface area contributed by atoms with Crippen molar-refractivity contribution in [1.29, 1.82) is 0 Å². The molecule has 1 aromatic heterocycles. The summed E-state index contributed by atoms with van der Waals surface area (Å²) in [4.78, 5) is 45.2. The minimum atomic E-state index is -1.16. The number of imidazole rings is 1. The zero-order valence-corrected chi connectivity index (χ0v) is 19.7. The number of carbonyl (C=O) groups excluding carboxylic acids is 3. The molecule has 2 aliphatic rings. The quantitative estimate of drug-likeness (QED) is 0.530. The summed E-state index contributed by atoms with van der Waals surface area (Å²) in [5.74, 6) is -1.32. The van der Waals surface area contributed by atoms with E-state index >= 15 is 0 Å². The molecule has 2 heterocycles. The zero-order valence-electron chi connectivity index (χ0n) is 19.0. The fraction of sp³-hybridized carbons (Fsp3) is 0.500. The molecule has 0 unspecified atom stereocenters. The largest absolute Gasteiger partial charge is 0.464 e.